The van der Waals surface area contributed by atoms with Crippen LogP contribution in [0.25, 0.3) is 0 Å². The first kappa shape index (κ1) is 22.4. The molecule has 1 fully saturated rings. The monoisotopic (exact) mass is 464 g/mol. The maximum Gasteiger partial charge on any atom is 0.273 e. The molecule has 1 aromatic carbocycles. The van der Waals surface area contributed by atoms with Crippen molar-refractivity contribution in [1.29, 1.82) is 0 Å². The van der Waals surface area contributed by atoms with Gasteiger partial charge in [-0.25, -0.2) is 4.98 Å². The zero-order valence-electron chi connectivity index (χ0n) is 20.3. The summed E-state index contributed by atoms with van der Waals surface area (Å²) in [6.45, 7) is 11.5. The molecular weight excluding hydrogens is 432 g/mol. The lowest BCUT2D eigenvalue weighted by Crippen LogP contribution is -2.48. The van der Waals surface area contributed by atoms with Crippen molar-refractivity contribution in [2.75, 3.05) is 43.0 Å². The first-order valence-corrected chi connectivity index (χ1v) is 12.1. The second kappa shape index (κ2) is 8.77. The molecule has 0 bridgehead atoms. The molecule has 9 nitrogen and oxygen atoms in total. The fraction of sp³-hybridized carbons (Fsp3) is 0.520. The van der Waals surface area contributed by atoms with Gasteiger partial charge in [0.05, 0.1) is 13.2 Å². The molecule has 9 heteroatoms. The summed E-state index contributed by atoms with van der Waals surface area (Å²) in [4.78, 5) is 40.2. The minimum Gasteiger partial charge on any atom is -0.493 e. The first-order chi connectivity index (χ1) is 16.3. The van der Waals surface area contributed by atoms with Crippen molar-refractivity contribution in [3.05, 3.63) is 40.6 Å². The molecule has 3 aliphatic rings. The number of fused-ring (bicyclic) bond motifs is 2. The summed E-state index contributed by atoms with van der Waals surface area (Å²) >= 11 is 0. The highest BCUT2D eigenvalue weighted by Crippen LogP contribution is 2.34. The maximum absolute atomic E-state index is 13.2. The van der Waals surface area contributed by atoms with Gasteiger partial charge in [0, 0.05) is 57.2 Å². The number of benzene rings is 1. The minimum absolute atomic E-state index is 0.00416. The van der Waals surface area contributed by atoms with Crippen molar-refractivity contribution in [2.45, 2.75) is 52.7 Å². The van der Waals surface area contributed by atoms with E-state index in [1.165, 1.54) is 5.56 Å². The van der Waals surface area contributed by atoms with Crippen molar-refractivity contribution in [1.82, 2.24) is 19.8 Å². The highest BCUT2D eigenvalue weighted by molar-refractivity contribution is 5.98. The second-order valence-electron chi connectivity index (χ2n) is 9.55. The quantitative estimate of drug-likeness (QED) is 0.727. The highest BCUT2D eigenvalue weighted by Gasteiger charge is 2.35. The van der Waals surface area contributed by atoms with E-state index >= 15 is 0 Å². The average molecular weight is 465 g/mol. The molecule has 1 aromatic heterocycles. The zero-order chi connectivity index (χ0) is 24.0. The van der Waals surface area contributed by atoms with Gasteiger partial charge in [0.25, 0.3) is 5.91 Å². The van der Waals surface area contributed by atoms with Crippen molar-refractivity contribution >= 4 is 23.6 Å². The van der Waals surface area contributed by atoms with Gasteiger partial charge < -0.3 is 24.8 Å². The summed E-state index contributed by atoms with van der Waals surface area (Å²) in [5.41, 5.74) is 3.70. The Bertz CT molecular complexity index is 1130. The van der Waals surface area contributed by atoms with Crippen LogP contribution in [0.5, 0.6) is 5.75 Å². The van der Waals surface area contributed by atoms with Gasteiger partial charge in [-0.2, -0.15) is 4.98 Å². The van der Waals surface area contributed by atoms with Crippen LogP contribution >= 0.6 is 0 Å². The molecule has 3 aliphatic heterocycles. The number of nitrogens with one attached hydrogen (secondary N) is 1. The van der Waals surface area contributed by atoms with Crippen molar-refractivity contribution in [3.8, 4) is 5.75 Å². The van der Waals surface area contributed by atoms with E-state index in [0.29, 0.717) is 50.2 Å². The predicted octanol–water partition coefficient (Wildman–Crippen LogP) is 2.62. The zero-order valence-corrected chi connectivity index (χ0v) is 20.3. The number of piperazine rings is 1. The van der Waals surface area contributed by atoms with Crippen LogP contribution in [0.15, 0.2) is 18.2 Å². The van der Waals surface area contributed by atoms with Crippen molar-refractivity contribution < 1.29 is 14.3 Å². The standard InChI is InChI=1S/C25H32N6O3/c1-15(2)31-14-20-22(24(31)33)27-25(30-10-8-29(9-11-30)17(4)32)28-23(20)26-16(3)18-5-6-21-19(13-18)7-12-34-21/h5-6,13,15-16H,7-12,14H2,1-4H3,(H,26,27,28)/t16-/m1/s1. The summed E-state index contributed by atoms with van der Waals surface area (Å²) in [7, 11) is 0. The SMILES string of the molecule is CC(=O)N1CCN(c2nc(N[C@H](C)c3ccc4c(c3)CCO4)c3c(n2)C(=O)N(C(C)C)C3)CC1. The maximum atomic E-state index is 13.2. The average Bonchev–Trinajstić information content (AvgIpc) is 3.43. The molecule has 2 amide bonds. The van der Waals surface area contributed by atoms with Crippen LogP contribution in [0.4, 0.5) is 11.8 Å². The lowest BCUT2D eigenvalue weighted by atomic mass is 10.0. The van der Waals surface area contributed by atoms with Crippen molar-refractivity contribution in [2.24, 2.45) is 0 Å². The summed E-state index contributed by atoms with van der Waals surface area (Å²) in [6, 6.07) is 6.37. The van der Waals surface area contributed by atoms with E-state index in [4.69, 9.17) is 14.7 Å². The molecule has 1 atom stereocenters. The Kier molecular flexibility index (Phi) is 5.79. The van der Waals surface area contributed by atoms with Gasteiger partial charge in [0.2, 0.25) is 11.9 Å². The largest absolute Gasteiger partial charge is 0.493 e. The second-order valence-corrected chi connectivity index (χ2v) is 9.55. The number of aromatic nitrogens is 2. The normalized spacial score (nSPS) is 18.1. The molecule has 0 saturated carbocycles. The molecular formula is C25H32N6O3. The number of carbonyl (C=O) groups is 2. The van der Waals surface area contributed by atoms with Gasteiger partial charge in [-0.15, -0.1) is 0 Å². The number of hydrogen-bond donors (Lipinski definition) is 1. The Hall–Kier alpha value is -3.36. The molecule has 180 valence electrons. The lowest BCUT2D eigenvalue weighted by Gasteiger charge is -2.34. The molecule has 5 rings (SSSR count). The van der Waals surface area contributed by atoms with E-state index in [1.807, 2.05) is 29.7 Å². The van der Waals surface area contributed by atoms with Crippen LogP contribution in [0.2, 0.25) is 0 Å². The van der Waals surface area contributed by atoms with Crippen LogP contribution in [0.1, 0.15) is 60.9 Å². The molecule has 0 radical (unpaired) electrons. The van der Waals surface area contributed by atoms with Crippen molar-refractivity contribution in [3.63, 3.8) is 0 Å². The number of rotatable bonds is 5. The van der Waals surface area contributed by atoms with Gasteiger partial charge in [0.15, 0.2) is 0 Å². The van der Waals surface area contributed by atoms with Crippen LogP contribution in [-0.4, -0.2) is 70.4 Å². The molecule has 2 aromatic rings. The Morgan fingerprint density at radius 2 is 1.88 bits per heavy atom. The Morgan fingerprint density at radius 1 is 1.12 bits per heavy atom. The summed E-state index contributed by atoms with van der Waals surface area (Å²) in [5.74, 6) is 2.23. The Balaban J connectivity index is 1.45. The van der Waals surface area contributed by atoms with Gasteiger partial charge >= 0.3 is 0 Å². The van der Waals surface area contributed by atoms with Crippen LogP contribution < -0.4 is 15.0 Å². The van der Waals surface area contributed by atoms with E-state index in [0.717, 1.165) is 29.9 Å². The number of anilines is 2. The smallest absolute Gasteiger partial charge is 0.273 e. The molecule has 0 aliphatic carbocycles. The third-order valence-corrected chi connectivity index (χ3v) is 6.99. The summed E-state index contributed by atoms with van der Waals surface area (Å²) in [5, 5.41) is 3.57. The topological polar surface area (TPSA) is 90.9 Å². The molecule has 1 saturated heterocycles. The predicted molar refractivity (Wildman–Crippen MR) is 129 cm³/mol. The number of ether oxygens (including phenoxy) is 1. The van der Waals surface area contributed by atoms with Crippen LogP contribution in [0, 0.1) is 0 Å². The Morgan fingerprint density at radius 3 is 2.59 bits per heavy atom. The molecule has 0 spiro atoms. The first-order valence-electron chi connectivity index (χ1n) is 12.1. The fourth-order valence-corrected chi connectivity index (χ4v) is 4.84. The third-order valence-electron chi connectivity index (χ3n) is 6.99. The minimum atomic E-state index is -0.0543. The van der Waals surface area contributed by atoms with Gasteiger partial charge in [0.1, 0.15) is 17.3 Å². The number of nitrogens with zero attached hydrogens (tertiary/aromatic N) is 5. The van der Waals surface area contributed by atoms with Crippen LogP contribution in [-0.2, 0) is 17.8 Å². The molecule has 4 heterocycles. The molecule has 34 heavy (non-hydrogen) atoms. The van der Waals surface area contributed by atoms with E-state index in [2.05, 4.69) is 29.3 Å². The van der Waals surface area contributed by atoms with Gasteiger partial charge in [-0.1, -0.05) is 6.07 Å². The van der Waals surface area contributed by atoms with Crippen LogP contribution in [0.3, 0.4) is 0 Å². The van der Waals surface area contributed by atoms with E-state index < -0.39 is 0 Å². The number of amides is 2. The fourth-order valence-electron chi connectivity index (χ4n) is 4.84. The van der Waals surface area contributed by atoms with Gasteiger partial charge in [-0.3, -0.25) is 9.59 Å². The van der Waals surface area contributed by atoms with E-state index in [9.17, 15) is 9.59 Å². The number of hydrogen-bond acceptors (Lipinski definition) is 7. The molecule has 1 N–H and O–H groups in total. The Labute approximate surface area is 200 Å². The lowest BCUT2D eigenvalue weighted by molar-refractivity contribution is -0.129. The third kappa shape index (κ3) is 4.03. The summed E-state index contributed by atoms with van der Waals surface area (Å²) < 4.78 is 5.65. The summed E-state index contributed by atoms with van der Waals surface area (Å²) in [6.07, 6.45) is 0.924. The van der Waals surface area contributed by atoms with E-state index in [-0.39, 0.29) is 23.9 Å². The van der Waals surface area contributed by atoms with E-state index in [1.54, 1.807) is 6.92 Å². The van der Waals surface area contributed by atoms with Gasteiger partial charge in [-0.05, 0) is 44.0 Å². The number of carbonyl (C=O) groups excluding carboxylic acids is 2. The molecule has 0 unspecified atom stereocenters. The highest BCUT2D eigenvalue weighted by atomic mass is 16.5.